The van der Waals surface area contributed by atoms with Gasteiger partial charge in [0.15, 0.2) is 7.29 Å². The van der Waals surface area contributed by atoms with Gasteiger partial charge in [0.05, 0.1) is 0 Å². The Kier molecular flexibility index (Phi) is 2.99. The van der Waals surface area contributed by atoms with Crippen molar-refractivity contribution in [1.29, 1.82) is 0 Å². The first kappa shape index (κ1) is 11.9. The van der Waals surface area contributed by atoms with Crippen molar-refractivity contribution in [1.82, 2.24) is 4.49 Å². The minimum absolute atomic E-state index is 0.885. The van der Waals surface area contributed by atoms with Crippen LogP contribution in [-0.4, -0.2) is 27.3 Å². The minimum atomic E-state index is -5.47. The van der Waals surface area contributed by atoms with E-state index in [-0.39, 0.29) is 0 Å². The molecule has 0 spiro atoms. The molecule has 1 N–H and O–H groups in total. The van der Waals surface area contributed by atoms with Crippen LogP contribution in [0.15, 0.2) is 0 Å². The quantitative estimate of drug-likeness (QED) is 0.712. The lowest BCUT2D eigenvalue weighted by Gasteiger charge is -2.11. The van der Waals surface area contributed by atoms with Crippen LogP contribution < -0.4 is 4.49 Å². The molecule has 0 aromatic rings. The van der Waals surface area contributed by atoms with Crippen molar-refractivity contribution in [2.45, 2.75) is 5.51 Å². The third-order valence-electron chi connectivity index (χ3n) is 0.645. The summed E-state index contributed by atoms with van der Waals surface area (Å²) >= 11 is 0. The topological polar surface area (TPSA) is 63.2 Å². The van der Waals surface area contributed by atoms with Crippen LogP contribution in [-0.2, 0) is 14.6 Å². The highest BCUT2D eigenvalue weighted by Crippen LogP contribution is 2.35. The van der Waals surface area contributed by atoms with E-state index in [1.807, 2.05) is 0 Å². The van der Waals surface area contributed by atoms with Crippen molar-refractivity contribution in [2.24, 2.45) is 0 Å². The zero-order chi connectivity index (χ0) is 10.2. The molecule has 12 heavy (non-hydrogen) atoms. The van der Waals surface area contributed by atoms with E-state index in [4.69, 9.17) is 0 Å². The molecular formula is C3H7F3NO3PS. The van der Waals surface area contributed by atoms with E-state index >= 15 is 0 Å². The molecule has 0 aliphatic rings. The Morgan fingerprint density at radius 3 is 1.67 bits per heavy atom. The highest BCUT2D eigenvalue weighted by molar-refractivity contribution is 7.96. The van der Waals surface area contributed by atoms with Gasteiger partial charge >= 0.3 is 15.5 Å². The maximum absolute atomic E-state index is 11.6. The number of halogens is 3. The molecule has 9 heteroatoms. The first-order valence-corrected chi connectivity index (χ1v) is 6.69. The lowest BCUT2D eigenvalue weighted by atomic mass is 11.6. The molecule has 4 nitrogen and oxygen atoms in total. The maximum atomic E-state index is 11.6. The van der Waals surface area contributed by atoms with Gasteiger partial charge in [0, 0.05) is 13.3 Å². The summed E-state index contributed by atoms with van der Waals surface area (Å²) in [5.41, 5.74) is -5.41. The first-order valence-electron chi connectivity index (χ1n) is 2.61. The Hall–Kier alpha value is -0.0700. The zero-order valence-corrected chi connectivity index (χ0v) is 7.93. The Balaban J connectivity index is 4.83. The molecule has 0 radical (unpaired) electrons. The molecule has 0 fully saturated rings. The molecule has 0 saturated heterocycles. The van der Waals surface area contributed by atoms with Crippen LogP contribution in [0.1, 0.15) is 0 Å². The van der Waals surface area contributed by atoms with Crippen molar-refractivity contribution in [3.05, 3.63) is 0 Å². The molecule has 0 aromatic carbocycles. The normalized spacial score (nSPS) is 14.8. The first-order chi connectivity index (χ1) is 4.96. The standard InChI is InChI=1S/C3H7F3NO3PS/c1-11(2,8)7-12(9,10)3(4,5)6/h1-2H3,(H,7,8). The number of sulfonamides is 1. The number of hydrogen-bond acceptors (Lipinski definition) is 3. The molecule has 0 unspecified atom stereocenters. The van der Waals surface area contributed by atoms with Gasteiger partial charge in [0.2, 0.25) is 0 Å². The number of rotatable bonds is 2. The van der Waals surface area contributed by atoms with Gasteiger partial charge in [-0.2, -0.15) is 17.7 Å². The monoisotopic (exact) mass is 225 g/mol. The van der Waals surface area contributed by atoms with Gasteiger partial charge in [-0.25, -0.2) is 8.42 Å². The van der Waals surface area contributed by atoms with Crippen molar-refractivity contribution in [3.63, 3.8) is 0 Å². The van der Waals surface area contributed by atoms with Crippen LogP contribution in [0.3, 0.4) is 0 Å². The Morgan fingerprint density at radius 1 is 1.25 bits per heavy atom. The van der Waals surface area contributed by atoms with Crippen LogP contribution in [0.4, 0.5) is 13.2 Å². The number of hydrogen-bond donors (Lipinski definition) is 1. The maximum Gasteiger partial charge on any atom is 0.511 e. The summed E-state index contributed by atoms with van der Waals surface area (Å²) in [5.74, 6) is 0. The van der Waals surface area contributed by atoms with Gasteiger partial charge in [0.1, 0.15) is 0 Å². The second kappa shape index (κ2) is 3.01. The number of nitrogens with one attached hydrogen (secondary N) is 1. The van der Waals surface area contributed by atoms with Crippen molar-refractivity contribution < 1.29 is 26.2 Å². The van der Waals surface area contributed by atoms with Crippen LogP contribution in [0.5, 0.6) is 0 Å². The van der Waals surface area contributed by atoms with Crippen LogP contribution in [0, 0.1) is 0 Å². The molecule has 0 amide bonds. The van der Waals surface area contributed by atoms with Crippen molar-refractivity contribution >= 4 is 17.3 Å². The van der Waals surface area contributed by atoms with E-state index in [0.29, 0.717) is 0 Å². The molecule has 74 valence electrons. The predicted octanol–water partition coefficient (Wildman–Crippen LogP) is 0.963. The third kappa shape index (κ3) is 3.55. The Morgan fingerprint density at radius 2 is 1.58 bits per heavy atom. The summed E-state index contributed by atoms with van der Waals surface area (Å²) in [6, 6.07) is 0. The third-order valence-corrected chi connectivity index (χ3v) is 3.97. The van der Waals surface area contributed by atoms with E-state index in [2.05, 4.69) is 0 Å². The van der Waals surface area contributed by atoms with Gasteiger partial charge in [-0.15, -0.1) is 0 Å². The van der Waals surface area contributed by atoms with Crippen molar-refractivity contribution in [3.8, 4) is 0 Å². The van der Waals surface area contributed by atoms with Gasteiger partial charge < -0.3 is 4.57 Å². The van der Waals surface area contributed by atoms with E-state index in [1.54, 1.807) is 0 Å². The number of alkyl halides is 3. The molecule has 0 aromatic heterocycles. The summed E-state index contributed by atoms with van der Waals surface area (Å²) in [4.78, 5) is 0. The van der Waals surface area contributed by atoms with Gasteiger partial charge in [0.25, 0.3) is 0 Å². The summed E-state index contributed by atoms with van der Waals surface area (Å²) < 4.78 is 67.0. The van der Waals surface area contributed by atoms with Crippen LogP contribution in [0.2, 0.25) is 0 Å². The van der Waals surface area contributed by atoms with E-state index in [0.717, 1.165) is 17.8 Å². The summed E-state index contributed by atoms with van der Waals surface area (Å²) in [7, 11) is -8.91. The summed E-state index contributed by atoms with van der Waals surface area (Å²) in [5, 5.41) is 0. The fourth-order valence-corrected chi connectivity index (χ4v) is 3.07. The van der Waals surface area contributed by atoms with Crippen LogP contribution >= 0.6 is 7.29 Å². The minimum Gasteiger partial charge on any atom is -0.306 e. The average Bonchev–Trinajstić information content (AvgIpc) is 1.52. The highest BCUT2D eigenvalue weighted by atomic mass is 32.2. The molecule has 0 aliphatic carbocycles. The van der Waals surface area contributed by atoms with E-state index < -0.39 is 22.8 Å². The SMILES string of the molecule is CP(C)(=O)NS(=O)(=O)C(F)(F)F. The zero-order valence-electron chi connectivity index (χ0n) is 6.21. The van der Waals surface area contributed by atoms with Gasteiger partial charge in [-0.05, 0) is 0 Å². The molecule has 0 rings (SSSR count). The molecular weight excluding hydrogens is 218 g/mol. The lowest BCUT2D eigenvalue weighted by Crippen LogP contribution is -2.34. The van der Waals surface area contributed by atoms with E-state index in [9.17, 15) is 26.2 Å². The van der Waals surface area contributed by atoms with Gasteiger partial charge in [-0.3, -0.25) is 0 Å². The fraction of sp³-hybridized carbons (Fsp3) is 1.00. The molecule has 0 bridgehead atoms. The summed E-state index contributed by atoms with van der Waals surface area (Å²) in [6.45, 7) is 1.77. The Bertz CT molecular complexity index is 301. The van der Waals surface area contributed by atoms with Gasteiger partial charge in [-0.1, -0.05) is 0 Å². The lowest BCUT2D eigenvalue weighted by molar-refractivity contribution is -0.0441. The molecule has 0 atom stereocenters. The predicted molar refractivity (Wildman–Crippen MR) is 37.6 cm³/mol. The second-order valence-electron chi connectivity index (χ2n) is 2.39. The molecule has 0 aliphatic heterocycles. The Labute approximate surface area is 67.6 Å². The smallest absolute Gasteiger partial charge is 0.306 e. The van der Waals surface area contributed by atoms with E-state index in [1.165, 1.54) is 0 Å². The average molecular weight is 225 g/mol. The fourth-order valence-electron chi connectivity index (χ4n) is 0.341. The highest BCUT2D eigenvalue weighted by Gasteiger charge is 2.47. The van der Waals surface area contributed by atoms with Crippen LogP contribution in [0.25, 0.3) is 0 Å². The molecule has 0 saturated carbocycles. The molecule has 0 heterocycles. The second-order valence-corrected chi connectivity index (χ2v) is 7.29. The summed E-state index contributed by atoms with van der Waals surface area (Å²) in [6.07, 6.45) is 0. The van der Waals surface area contributed by atoms with Crippen molar-refractivity contribution in [2.75, 3.05) is 13.3 Å². The largest absolute Gasteiger partial charge is 0.511 e.